The van der Waals surface area contributed by atoms with E-state index < -0.39 is 11.6 Å². The standard InChI is InChI=1S/C14H16FN3O2/c1-10-8-14(9-16,5-6-18(10)13(19)20)17-12-4-2-3-11(15)7-12/h2-4,7,10,17H,5-6,8H2,1H3,(H,19,20)/t10-,14+/m1/s1. The van der Waals surface area contributed by atoms with Gasteiger partial charge in [0.2, 0.25) is 0 Å². The number of nitrogens with zero attached hydrogens (tertiary/aromatic N) is 2. The summed E-state index contributed by atoms with van der Waals surface area (Å²) in [6.45, 7) is 2.05. The fourth-order valence-corrected chi connectivity index (χ4v) is 2.62. The van der Waals surface area contributed by atoms with Crippen molar-refractivity contribution in [3.63, 3.8) is 0 Å². The summed E-state index contributed by atoms with van der Waals surface area (Å²) in [6.07, 6.45) is -0.238. The molecule has 2 rings (SSSR count). The van der Waals surface area contributed by atoms with Gasteiger partial charge in [0.25, 0.3) is 0 Å². The number of hydrogen-bond donors (Lipinski definition) is 2. The quantitative estimate of drug-likeness (QED) is 0.871. The van der Waals surface area contributed by atoms with Crippen LogP contribution in [0.2, 0.25) is 0 Å². The summed E-state index contributed by atoms with van der Waals surface area (Å²) in [4.78, 5) is 12.4. The summed E-state index contributed by atoms with van der Waals surface area (Å²) in [5.74, 6) is -0.376. The summed E-state index contributed by atoms with van der Waals surface area (Å²) < 4.78 is 13.2. The molecule has 0 saturated carbocycles. The lowest BCUT2D eigenvalue weighted by atomic mass is 9.84. The lowest BCUT2D eigenvalue weighted by Gasteiger charge is -2.41. The zero-order valence-electron chi connectivity index (χ0n) is 11.1. The summed E-state index contributed by atoms with van der Waals surface area (Å²) in [7, 11) is 0. The second-order valence-electron chi connectivity index (χ2n) is 5.11. The third-order valence-electron chi connectivity index (χ3n) is 3.62. The van der Waals surface area contributed by atoms with Gasteiger partial charge in [-0.2, -0.15) is 5.26 Å². The number of anilines is 1. The molecule has 0 radical (unpaired) electrons. The molecular formula is C14H16FN3O2. The lowest BCUT2D eigenvalue weighted by Crippen LogP contribution is -2.53. The topological polar surface area (TPSA) is 76.4 Å². The van der Waals surface area contributed by atoms with Gasteiger partial charge in [-0.15, -0.1) is 0 Å². The Bertz CT molecular complexity index is 558. The molecule has 1 aromatic carbocycles. The Kier molecular flexibility index (Phi) is 3.79. The van der Waals surface area contributed by atoms with Crippen molar-refractivity contribution in [2.24, 2.45) is 0 Å². The van der Waals surface area contributed by atoms with Crippen LogP contribution < -0.4 is 5.32 Å². The van der Waals surface area contributed by atoms with Gasteiger partial charge in [0.1, 0.15) is 11.4 Å². The molecular weight excluding hydrogens is 261 g/mol. The number of nitriles is 1. The fraction of sp³-hybridized carbons (Fsp3) is 0.429. The summed E-state index contributed by atoms with van der Waals surface area (Å²) in [5, 5.41) is 21.5. The number of likely N-dealkylation sites (tertiary alicyclic amines) is 1. The number of carbonyl (C=O) groups is 1. The van der Waals surface area contributed by atoms with Crippen LogP contribution in [-0.4, -0.2) is 34.2 Å². The zero-order valence-corrected chi connectivity index (χ0v) is 11.1. The van der Waals surface area contributed by atoms with Crippen LogP contribution in [0.5, 0.6) is 0 Å². The molecule has 1 fully saturated rings. The molecule has 0 unspecified atom stereocenters. The Hall–Kier alpha value is -2.29. The maximum absolute atomic E-state index is 13.2. The maximum atomic E-state index is 13.2. The molecule has 1 aliphatic rings. The molecule has 1 aromatic rings. The Morgan fingerprint density at radius 3 is 2.95 bits per heavy atom. The lowest BCUT2D eigenvalue weighted by molar-refractivity contribution is 0.101. The second kappa shape index (κ2) is 5.37. The smallest absolute Gasteiger partial charge is 0.407 e. The molecule has 0 spiro atoms. The van der Waals surface area contributed by atoms with Gasteiger partial charge < -0.3 is 15.3 Å². The molecule has 6 heteroatoms. The van der Waals surface area contributed by atoms with E-state index in [1.165, 1.54) is 17.0 Å². The van der Waals surface area contributed by atoms with Gasteiger partial charge in [0.15, 0.2) is 0 Å². The predicted molar refractivity (Wildman–Crippen MR) is 71.8 cm³/mol. The highest BCUT2D eigenvalue weighted by Crippen LogP contribution is 2.30. The number of halogens is 1. The summed E-state index contributed by atoms with van der Waals surface area (Å²) >= 11 is 0. The van der Waals surface area contributed by atoms with Gasteiger partial charge in [-0.25, -0.2) is 9.18 Å². The molecule has 1 amide bonds. The molecule has 2 atom stereocenters. The van der Waals surface area contributed by atoms with Gasteiger partial charge in [-0.05, 0) is 25.1 Å². The molecule has 106 valence electrons. The molecule has 1 aliphatic heterocycles. The van der Waals surface area contributed by atoms with E-state index in [0.717, 1.165) is 0 Å². The Labute approximate surface area is 116 Å². The number of hydrogen-bond acceptors (Lipinski definition) is 3. The van der Waals surface area contributed by atoms with Crippen LogP contribution in [0.3, 0.4) is 0 Å². The molecule has 5 nitrogen and oxygen atoms in total. The first-order valence-electron chi connectivity index (χ1n) is 6.40. The fourth-order valence-electron chi connectivity index (χ4n) is 2.62. The van der Waals surface area contributed by atoms with Gasteiger partial charge in [-0.1, -0.05) is 6.07 Å². The number of piperidine rings is 1. The van der Waals surface area contributed by atoms with E-state index in [1.54, 1.807) is 19.1 Å². The number of carboxylic acid groups (broad SMARTS) is 1. The predicted octanol–water partition coefficient (Wildman–Crippen LogP) is 2.66. The maximum Gasteiger partial charge on any atom is 0.407 e. The third-order valence-corrected chi connectivity index (χ3v) is 3.62. The Morgan fingerprint density at radius 1 is 1.65 bits per heavy atom. The summed E-state index contributed by atoms with van der Waals surface area (Å²) in [6, 6.07) is 7.88. The van der Waals surface area contributed by atoms with Gasteiger partial charge >= 0.3 is 6.09 Å². The van der Waals surface area contributed by atoms with Gasteiger partial charge in [-0.3, -0.25) is 0 Å². The van der Waals surface area contributed by atoms with E-state index in [0.29, 0.717) is 18.5 Å². The molecule has 0 bridgehead atoms. The highest BCUT2D eigenvalue weighted by Gasteiger charge is 2.40. The van der Waals surface area contributed by atoms with Gasteiger partial charge in [0.05, 0.1) is 6.07 Å². The molecule has 0 aliphatic carbocycles. The first kappa shape index (κ1) is 14.1. The van der Waals surface area contributed by atoms with E-state index in [2.05, 4.69) is 11.4 Å². The Balaban J connectivity index is 2.16. The summed E-state index contributed by atoms with van der Waals surface area (Å²) in [5.41, 5.74) is -0.332. The van der Waals surface area contributed by atoms with Crippen molar-refractivity contribution in [1.82, 2.24) is 4.90 Å². The number of nitrogens with one attached hydrogen (secondary N) is 1. The van der Waals surface area contributed by atoms with E-state index in [1.807, 2.05) is 0 Å². The SMILES string of the molecule is C[C@@H]1C[C@@](C#N)(Nc2cccc(F)c2)CCN1C(=O)O. The van der Waals surface area contributed by atoms with Crippen LogP contribution in [0.1, 0.15) is 19.8 Å². The first-order valence-corrected chi connectivity index (χ1v) is 6.40. The zero-order chi connectivity index (χ0) is 14.8. The molecule has 0 aromatic heterocycles. The van der Waals surface area contributed by atoms with E-state index in [-0.39, 0.29) is 18.4 Å². The van der Waals surface area contributed by atoms with E-state index in [9.17, 15) is 14.4 Å². The van der Waals surface area contributed by atoms with Crippen molar-refractivity contribution < 1.29 is 14.3 Å². The average Bonchev–Trinajstić information content (AvgIpc) is 2.38. The minimum atomic E-state index is -0.977. The van der Waals surface area contributed by atoms with Crippen molar-refractivity contribution in [3.05, 3.63) is 30.1 Å². The van der Waals surface area contributed by atoms with Crippen LogP contribution >= 0.6 is 0 Å². The Morgan fingerprint density at radius 2 is 2.40 bits per heavy atom. The largest absolute Gasteiger partial charge is 0.465 e. The van der Waals surface area contributed by atoms with Crippen LogP contribution in [-0.2, 0) is 0 Å². The van der Waals surface area contributed by atoms with Crippen molar-refractivity contribution >= 4 is 11.8 Å². The highest BCUT2D eigenvalue weighted by atomic mass is 19.1. The molecule has 20 heavy (non-hydrogen) atoms. The van der Waals surface area contributed by atoms with Crippen molar-refractivity contribution in [3.8, 4) is 6.07 Å². The van der Waals surface area contributed by atoms with Crippen molar-refractivity contribution in [2.75, 3.05) is 11.9 Å². The highest BCUT2D eigenvalue weighted by molar-refractivity contribution is 5.66. The normalized spacial score (nSPS) is 25.9. The number of amides is 1. The third kappa shape index (κ3) is 2.82. The van der Waals surface area contributed by atoms with Crippen LogP contribution in [0.15, 0.2) is 24.3 Å². The van der Waals surface area contributed by atoms with Crippen molar-refractivity contribution in [2.45, 2.75) is 31.3 Å². The van der Waals surface area contributed by atoms with Crippen LogP contribution in [0.4, 0.5) is 14.9 Å². The second-order valence-corrected chi connectivity index (χ2v) is 5.11. The van der Waals surface area contributed by atoms with E-state index in [4.69, 9.17) is 5.11 Å². The first-order chi connectivity index (χ1) is 9.46. The van der Waals surface area contributed by atoms with Crippen molar-refractivity contribution in [1.29, 1.82) is 5.26 Å². The molecule has 2 N–H and O–H groups in total. The molecule has 1 saturated heterocycles. The monoisotopic (exact) mass is 277 g/mol. The minimum Gasteiger partial charge on any atom is -0.465 e. The number of benzene rings is 1. The minimum absolute atomic E-state index is 0.262. The van der Waals surface area contributed by atoms with E-state index >= 15 is 0 Å². The van der Waals surface area contributed by atoms with Crippen LogP contribution in [0.25, 0.3) is 0 Å². The van der Waals surface area contributed by atoms with Crippen LogP contribution in [0, 0.1) is 17.1 Å². The molecule has 1 heterocycles. The van der Waals surface area contributed by atoms with Gasteiger partial charge in [0, 0.05) is 31.1 Å². The average molecular weight is 277 g/mol. The number of rotatable bonds is 2.